The van der Waals surface area contributed by atoms with E-state index in [4.69, 9.17) is 23.7 Å². The van der Waals surface area contributed by atoms with Crippen molar-refractivity contribution < 1.29 is 52.4 Å². The largest absolute Gasteiger partial charge is 0.466 e. The lowest BCUT2D eigenvalue weighted by Crippen LogP contribution is -2.64. The van der Waals surface area contributed by atoms with Crippen molar-refractivity contribution >= 4 is 53.5 Å². The number of thioether (sulfide) groups is 1. The zero-order valence-corrected chi connectivity index (χ0v) is 22.8. The molecular weight excluding hydrogens is 542 g/mol. The Bertz CT molecular complexity index is 1180. The average Bonchev–Trinajstić information content (AvgIpc) is 2.84. The first-order valence-electron chi connectivity index (χ1n) is 11.4. The Morgan fingerprint density at radius 3 is 2.10 bits per heavy atom. The van der Waals surface area contributed by atoms with E-state index < -0.39 is 72.7 Å². The van der Waals surface area contributed by atoms with Crippen LogP contribution in [0, 0.1) is 0 Å². The van der Waals surface area contributed by atoms with E-state index in [-0.39, 0.29) is 16.5 Å². The van der Waals surface area contributed by atoms with Crippen molar-refractivity contribution in [3.63, 3.8) is 0 Å². The fraction of sp³-hybridized carbons (Fsp3) is 0.522. The van der Waals surface area contributed by atoms with Crippen LogP contribution in [0.15, 0.2) is 16.0 Å². The Labute approximate surface area is 226 Å². The summed E-state index contributed by atoms with van der Waals surface area (Å²) in [6.07, 6.45) is -3.05. The summed E-state index contributed by atoms with van der Waals surface area (Å²) in [7, 11) is 1.16. The van der Waals surface area contributed by atoms with E-state index in [9.17, 15) is 28.8 Å². The van der Waals surface area contributed by atoms with Crippen molar-refractivity contribution in [1.82, 2.24) is 9.97 Å². The molecule has 1 aromatic heterocycles. The number of aromatic amines is 1. The maximum Gasteiger partial charge on any atom is 0.330 e. The zero-order chi connectivity index (χ0) is 29.3. The topological polar surface area (TPSA) is 199 Å². The highest BCUT2D eigenvalue weighted by Gasteiger charge is 2.52. The standard InChI is InChI=1S/C23H29N3O12S/c1-10(27)34-9-15-17(35-11(2)28)18(36-12(3)29)19(37-13(4)30)22(38-15)24-20-14(7-8-16(31)33-5)21(32)26-23(25-20)39-6/h7-8,15,17-19,22H,9H2,1-6H3,(H2,24,25,26,32)/b8-7+. The highest BCUT2D eigenvalue weighted by Crippen LogP contribution is 2.30. The quantitative estimate of drug-likeness (QED) is 0.127. The molecule has 15 nitrogen and oxygen atoms in total. The van der Waals surface area contributed by atoms with Crippen molar-refractivity contribution in [2.75, 3.05) is 25.3 Å². The molecule has 2 heterocycles. The van der Waals surface area contributed by atoms with E-state index in [0.29, 0.717) is 0 Å². The van der Waals surface area contributed by atoms with Gasteiger partial charge in [0, 0.05) is 33.8 Å². The Kier molecular flexibility index (Phi) is 11.5. The first kappa shape index (κ1) is 31.3. The third kappa shape index (κ3) is 9.10. The first-order valence-corrected chi connectivity index (χ1v) is 12.6. The van der Waals surface area contributed by atoms with Crippen LogP contribution in [0.4, 0.5) is 5.82 Å². The van der Waals surface area contributed by atoms with Gasteiger partial charge in [-0.15, -0.1) is 0 Å². The fourth-order valence-electron chi connectivity index (χ4n) is 3.52. The lowest BCUT2D eigenvalue weighted by atomic mass is 9.97. The van der Waals surface area contributed by atoms with Crippen LogP contribution < -0.4 is 10.9 Å². The molecule has 0 amide bonds. The number of esters is 5. The monoisotopic (exact) mass is 571 g/mol. The summed E-state index contributed by atoms with van der Waals surface area (Å²) < 4.78 is 31.7. The van der Waals surface area contributed by atoms with E-state index in [2.05, 4.69) is 20.0 Å². The summed E-state index contributed by atoms with van der Waals surface area (Å²) in [5, 5.41) is 3.02. The summed E-state index contributed by atoms with van der Waals surface area (Å²) in [6, 6.07) is 0. The van der Waals surface area contributed by atoms with Crippen molar-refractivity contribution in [3.8, 4) is 0 Å². The molecule has 0 radical (unpaired) electrons. The molecule has 0 aromatic carbocycles. The number of rotatable bonds is 10. The molecule has 1 fully saturated rings. The summed E-state index contributed by atoms with van der Waals surface area (Å²) >= 11 is 1.10. The molecule has 2 rings (SSSR count). The zero-order valence-electron chi connectivity index (χ0n) is 22.0. The number of methoxy groups -OCH3 is 1. The van der Waals surface area contributed by atoms with E-state index in [0.717, 1.165) is 58.7 Å². The smallest absolute Gasteiger partial charge is 0.330 e. The third-order valence-corrected chi connectivity index (χ3v) is 5.56. The molecule has 1 saturated heterocycles. The van der Waals surface area contributed by atoms with E-state index in [1.807, 2.05) is 0 Å². The number of nitrogens with zero attached hydrogens (tertiary/aromatic N) is 1. The summed E-state index contributed by atoms with van der Waals surface area (Å²) in [5.74, 6) is -3.92. The molecule has 0 bridgehead atoms. The molecule has 0 aliphatic carbocycles. The SMILES string of the molecule is COC(=O)/C=C/c1c(NC2OC(COC(C)=O)C(OC(C)=O)C(OC(C)=O)C2OC(C)=O)nc(SC)[nH]c1=O. The summed E-state index contributed by atoms with van der Waals surface area (Å²) in [6.45, 7) is 3.99. The molecule has 1 aromatic rings. The highest BCUT2D eigenvalue weighted by atomic mass is 32.2. The minimum absolute atomic E-state index is 0.107. The second-order valence-electron chi connectivity index (χ2n) is 7.96. The molecule has 1 aliphatic rings. The van der Waals surface area contributed by atoms with Crippen LogP contribution in [0.1, 0.15) is 33.3 Å². The number of anilines is 1. The fourth-order valence-corrected chi connectivity index (χ4v) is 3.90. The maximum absolute atomic E-state index is 12.8. The van der Waals surface area contributed by atoms with Gasteiger partial charge < -0.3 is 38.7 Å². The normalized spacial score (nSPS) is 22.5. The van der Waals surface area contributed by atoms with Crippen LogP contribution in [-0.4, -0.2) is 90.4 Å². The highest BCUT2D eigenvalue weighted by molar-refractivity contribution is 7.98. The van der Waals surface area contributed by atoms with Gasteiger partial charge in [-0.25, -0.2) is 9.78 Å². The van der Waals surface area contributed by atoms with Crippen LogP contribution in [-0.2, 0) is 52.4 Å². The van der Waals surface area contributed by atoms with Gasteiger partial charge in [-0.1, -0.05) is 11.8 Å². The molecule has 2 N–H and O–H groups in total. The Morgan fingerprint density at radius 2 is 1.56 bits per heavy atom. The molecule has 39 heavy (non-hydrogen) atoms. The number of nitrogens with one attached hydrogen (secondary N) is 2. The average molecular weight is 572 g/mol. The molecule has 0 spiro atoms. The Balaban J connectivity index is 2.65. The second kappa shape index (κ2) is 14.3. The number of carbonyl (C=O) groups is 5. The summed E-state index contributed by atoms with van der Waals surface area (Å²) in [4.78, 5) is 78.7. The van der Waals surface area contributed by atoms with Crippen molar-refractivity contribution in [3.05, 3.63) is 22.0 Å². The lowest BCUT2D eigenvalue weighted by molar-refractivity contribution is -0.247. The number of carbonyl (C=O) groups excluding carboxylic acids is 5. The van der Waals surface area contributed by atoms with Crippen molar-refractivity contribution in [1.29, 1.82) is 0 Å². The number of ether oxygens (including phenoxy) is 6. The van der Waals surface area contributed by atoms with Crippen LogP contribution in [0.25, 0.3) is 6.08 Å². The molecular formula is C23H29N3O12S. The van der Waals surface area contributed by atoms with Crippen molar-refractivity contribution in [2.24, 2.45) is 0 Å². The summed E-state index contributed by atoms with van der Waals surface area (Å²) in [5.41, 5.74) is -0.756. The van der Waals surface area contributed by atoms with E-state index in [1.165, 1.54) is 0 Å². The maximum atomic E-state index is 12.8. The van der Waals surface area contributed by atoms with Gasteiger partial charge in [-0.05, 0) is 12.3 Å². The van der Waals surface area contributed by atoms with Gasteiger partial charge in [0.15, 0.2) is 29.7 Å². The van der Waals surface area contributed by atoms with Crippen LogP contribution in [0.3, 0.4) is 0 Å². The van der Waals surface area contributed by atoms with Gasteiger partial charge >= 0.3 is 29.8 Å². The van der Waals surface area contributed by atoms with E-state index in [1.54, 1.807) is 6.26 Å². The Hall–Kier alpha value is -3.92. The predicted octanol–water partition coefficient (Wildman–Crippen LogP) is 0.173. The minimum Gasteiger partial charge on any atom is -0.466 e. The number of H-pyrrole nitrogens is 1. The molecule has 1 aliphatic heterocycles. The van der Waals surface area contributed by atoms with Gasteiger partial charge in [0.05, 0.1) is 12.7 Å². The third-order valence-electron chi connectivity index (χ3n) is 4.98. The molecule has 5 atom stereocenters. The minimum atomic E-state index is -1.44. The Morgan fingerprint density at radius 1 is 0.974 bits per heavy atom. The second-order valence-corrected chi connectivity index (χ2v) is 8.75. The number of hydrogen-bond acceptors (Lipinski definition) is 15. The molecule has 0 saturated carbocycles. The molecule has 214 valence electrons. The van der Waals surface area contributed by atoms with Gasteiger partial charge in [0.2, 0.25) is 0 Å². The number of hydrogen-bond donors (Lipinski definition) is 2. The first-order chi connectivity index (χ1) is 18.4. The van der Waals surface area contributed by atoms with Gasteiger partial charge in [-0.3, -0.25) is 24.0 Å². The van der Waals surface area contributed by atoms with Crippen LogP contribution in [0.2, 0.25) is 0 Å². The van der Waals surface area contributed by atoms with Gasteiger partial charge in [0.25, 0.3) is 5.56 Å². The predicted molar refractivity (Wildman–Crippen MR) is 133 cm³/mol. The van der Waals surface area contributed by atoms with E-state index >= 15 is 0 Å². The lowest BCUT2D eigenvalue weighted by Gasteiger charge is -2.44. The molecule has 16 heteroatoms. The van der Waals surface area contributed by atoms with Gasteiger partial charge in [0.1, 0.15) is 18.5 Å². The van der Waals surface area contributed by atoms with Crippen molar-refractivity contribution in [2.45, 2.75) is 63.5 Å². The van der Waals surface area contributed by atoms with Gasteiger partial charge in [-0.2, -0.15) is 0 Å². The number of aromatic nitrogens is 2. The molecule has 5 unspecified atom stereocenters. The van der Waals surface area contributed by atoms with Crippen LogP contribution >= 0.6 is 11.8 Å². The van der Waals surface area contributed by atoms with Crippen LogP contribution in [0.5, 0.6) is 0 Å².